The van der Waals surface area contributed by atoms with Crippen LogP contribution in [-0.2, 0) is 4.79 Å². The average Bonchev–Trinajstić information content (AvgIpc) is 2.34. The van der Waals surface area contributed by atoms with Crippen molar-refractivity contribution < 1.29 is 24.2 Å². The zero-order valence-corrected chi connectivity index (χ0v) is 10.5. The molecule has 0 spiro atoms. The second kappa shape index (κ2) is 6.55. The molecule has 0 saturated carbocycles. The molecular formula is C11H15N3O5. The Kier molecular flexibility index (Phi) is 5.07. The highest BCUT2D eigenvalue weighted by atomic mass is 16.6. The Morgan fingerprint density at radius 2 is 2.26 bits per heavy atom. The molecule has 0 aliphatic rings. The number of aromatic nitrogens is 1. The van der Waals surface area contributed by atoms with Gasteiger partial charge in [0.1, 0.15) is 0 Å². The molecule has 1 aromatic heterocycles. The highest BCUT2D eigenvalue weighted by molar-refractivity contribution is 5.95. The Hall–Kier alpha value is -2.35. The molecule has 0 radical (unpaired) electrons. The Morgan fingerprint density at radius 3 is 2.84 bits per heavy atom. The monoisotopic (exact) mass is 269 g/mol. The number of hydrogen-bond donors (Lipinski definition) is 3. The van der Waals surface area contributed by atoms with Crippen molar-refractivity contribution in [3.8, 4) is 17.4 Å². The molecule has 0 fully saturated rings. The highest BCUT2D eigenvalue weighted by Gasteiger charge is 2.17. The molecule has 0 aliphatic carbocycles. The van der Waals surface area contributed by atoms with E-state index in [-0.39, 0.29) is 11.6 Å². The van der Waals surface area contributed by atoms with Gasteiger partial charge in [-0.05, 0) is 13.8 Å². The number of carbonyl (C=O) groups excluding carboxylic acids is 2. The summed E-state index contributed by atoms with van der Waals surface area (Å²) in [4.78, 5) is 26.2. The largest absolute Gasteiger partial charge is 0.501 e. The van der Waals surface area contributed by atoms with E-state index in [2.05, 4.69) is 9.72 Å². The fourth-order valence-electron chi connectivity index (χ4n) is 1.09. The lowest BCUT2D eigenvalue weighted by Gasteiger charge is -2.10. The van der Waals surface area contributed by atoms with Crippen molar-refractivity contribution in [2.45, 2.75) is 19.9 Å². The smallest absolute Gasteiger partial charge is 0.420 e. The third kappa shape index (κ3) is 4.11. The van der Waals surface area contributed by atoms with Crippen molar-refractivity contribution in [1.29, 1.82) is 0 Å². The fraction of sp³-hybridized carbons (Fsp3) is 0.364. The van der Waals surface area contributed by atoms with Crippen LogP contribution in [0.15, 0.2) is 12.3 Å². The van der Waals surface area contributed by atoms with Gasteiger partial charge >= 0.3 is 6.09 Å². The average molecular weight is 269 g/mol. The van der Waals surface area contributed by atoms with Crippen LogP contribution in [0.25, 0.3) is 0 Å². The number of aromatic hydroxyl groups is 1. The summed E-state index contributed by atoms with van der Waals surface area (Å²) in [5, 5.41) is 11.6. The molecular weight excluding hydrogens is 254 g/mol. The first kappa shape index (κ1) is 14.7. The molecule has 0 aromatic carbocycles. The van der Waals surface area contributed by atoms with Gasteiger partial charge in [0.15, 0.2) is 5.75 Å². The van der Waals surface area contributed by atoms with Gasteiger partial charge in [-0.25, -0.2) is 9.78 Å². The number of pyridine rings is 1. The van der Waals surface area contributed by atoms with Gasteiger partial charge in [0.25, 0.3) is 5.88 Å². The zero-order valence-electron chi connectivity index (χ0n) is 10.5. The van der Waals surface area contributed by atoms with E-state index in [9.17, 15) is 14.7 Å². The van der Waals surface area contributed by atoms with Gasteiger partial charge in [0.05, 0.1) is 12.6 Å². The summed E-state index contributed by atoms with van der Waals surface area (Å²) in [6.07, 6.45) is 0.208. The van der Waals surface area contributed by atoms with E-state index in [1.54, 1.807) is 6.92 Å². The maximum atomic E-state index is 11.3. The normalized spacial score (nSPS) is 11.5. The Balaban J connectivity index is 2.74. The number of imide groups is 1. The Labute approximate surface area is 109 Å². The minimum atomic E-state index is -1.08. The summed E-state index contributed by atoms with van der Waals surface area (Å²) in [5.74, 6) is -1.36. The van der Waals surface area contributed by atoms with Crippen LogP contribution < -0.4 is 20.5 Å². The Bertz CT molecular complexity index is 475. The van der Waals surface area contributed by atoms with Crippen molar-refractivity contribution >= 4 is 12.0 Å². The van der Waals surface area contributed by atoms with Crippen molar-refractivity contribution in [1.82, 2.24) is 10.3 Å². The third-order valence-electron chi connectivity index (χ3n) is 1.98. The summed E-state index contributed by atoms with van der Waals surface area (Å²) >= 11 is 0. The minimum Gasteiger partial charge on any atom is -0.501 e. The minimum absolute atomic E-state index is 0.124. The molecule has 0 unspecified atom stereocenters. The van der Waals surface area contributed by atoms with E-state index >= 15 is 0 Å². The second-order valence-electron chi connectivity index (χ2n) is 3.56. The first-order valence-corrected chi connectivity index (χ1v) is 5.54. The molecule has 1 atom stereocenters. The molecule has 104 valence electrons. The molecule has 1 heterocycles. The van der Waals surface area contributed by atoms with E-state index in [0.717, 1.165) is 0 Å². The van der Waals surface area contributed by atoms with E-state index in [1.807, 2.05) is 5.32 Å². The van der Waals surface area contributed by atoms with Gasteiger partial charge in [0, 0.05) is 12.3 Å². The van der Waals surface area contributed by atoms with Crippen LogP contribution in [0, 0.1) is 0 Å². The third-order valence-corrected chi connectivity index (χ3v) is 1.98. The summed E-state index contributed by atoms with van der Waals surface area (Å²) < 4.78 is 9.77. The van der Waals surface area contributed by atoms with E-state index in [0.29, 0.717) is 6.61 Å². The second-order valence-corrected chi connectivity index (χ2v) is 3.56. The zero-order chi connectivity index (χ0) is 14.4. The van der Waals surface area contributed by atoms with E-state index in [4.69, 9.17) is 10.5 Å². The van der Waals surface area contributed by atoms with Crippen molar-refractivity contribution in [2.75, 3.05) is 6.61 Å². The topological polar surface area (TPSA) is 124 Å². The fourth-order valence-corrected chi connectivity index (χ4v) is 1.09. The molecule has 8 nitrogen and oxygen atoms in total. The molecule has 8 heteroatoms. The molecule has 4 N–H and O–H groups in total. The van der Waals surface area contributed by atoms with Crippen LogP contribution in [0.1, 0.15) is 13.8 Å². The van der Waals surface area contributed by atoms with Gasteiger partial charge in [-0.2, -0.15) is 0 Å². The molecule has 0 bridgehead atoms. The van der Waals surface area contributed by atoms with Crippen LogP contribution in [-0.4, -0.2) is 34.7 Å². The van der Waals surface area contributed by atoms with Gasteiger partial charge in [-0.1, -0.05) is 0 Å². The molecule has 2 amide bonds. The molecule has 1 rings (SSSR count). The van der Waals surface area contributed by atoms with Crippen molar-refractivity contribution in [3.63, 3.8) is 0 Å². The standard InChI is InChI=1S/C11H15N3O5/c1-3-18-7-4-5-13-10(8(7)15)19-11(17)14-9(16)6(2)12/h4-6,15H,3,12H2,1-2H3,(H,14,16,17)/t6-/m1/s1. The van der Waals surface area contributed by atoms with Gasteiger partial charge in [-0.15, -0.1) is 0 Å². The summed E-state index contributed by atoms with van der Waals surface area (Å²) in [5.41, 5.74) is 5.27. The van der Waals surface area contributed by atoms with Crippen molar-refractivity contribution in [2.24, 2.45) is 5.73 Å². The van der Waals surface area contributed by atoms with Gasteiger partial charge in [-0.3, -0.25) is 10.1 Å². The summed E-state index contributed by atoms with van der Waals surface area (Å²) in [7, 11) is 0. The number of ether oxygens (including phenoxy) is 2. The molecule has 0 aliphatic heterocycles. The lowest BCUT2D eigenvalue weighted by atomic mass is 10.3. The Morgan fingerprint density at radius 1 is 1.58 bits per heavy atom. The van der Waals surface area contributed by atoms with Crippen LogP contribution in [0.2, 0.25) is 0 Å². The van der Waals surface area contributed by atoms with Crippen molar-refractivity contribution in [3.05, 3.63) is 12.3 Å². The number of rotatable bonds is 4. The van der Waals surface area contributed by atoms with Gasteiger partial charge < -0.3 is 20.3 Å². The number of nitrogens with two attached hydrogens (primary N) is 1. The maximum absolute atomic E-state index is 11.3. The maximum Gasteiger partial charge on any atom is 0.420 e. The van der Waals surface area contributed by atoms with Crippen LogP contribution in [0.5, 0.6) is 17.4 Å². The SMILES string of the molecule is CCOc1ccnc(OC(=O)NC(=O)[C@@H](C)N)c1O. The predicted molar refractivity (Wildman–Crippen MR) is 64.9 cm³/mol. The predicted octanol–water partition coefficient (Wildman–Crippen LogP) is 0.148. The summed E-state index contributed by atoms with van der Waals surface area (Å²) in [6.45, 7) is 3.47. The lowest BCUT2D eigenvalue weighted by Crippen LogP contribution is -2.42. The van der Waals surface area contributed by atoms with Gasteiger partial charge in [0.2, 0.25) is 11.7 Å². The molecule has 0 saturated heterocycles. The van der Waals surface area contributed by atoms with Crippen LogP contribution in [0.4, 0.5) is 4.79 Å². The number of carbonyl (C=O) groups is 2. The van der Waals surface area contributed by atoms with E-state index in [1.165, 1.54) is 19.2 Å². The first-order chi connectivity index (χ1) is 8.95. The van der Waals surface area contributed by atoms with Crippen LogP contribution in [0.3, 0.4) is 0 Å². The number of nitrogens with zero attached hydrogens (tertiary/aromatic N) is 1. The number of nitrogens with one attached hydrogen (secondary N) is 1. The van der Waals surface area contributed by atoms with Crippen LogP contribution >= 0.6 is 0 Å². The van der Waals surface area contributed by atoms with E-state index < -0.39 is 23.8 Å². The quantitative estimate of drug-likeness (QED) is 0.710. The lowest BCUT2D eigenvalue weighted by molar-refractivity contribution is -0.121. The molecule has 1 aromatic rings. The number of hydrogen-bond acceptors (Lipinski definition) is 7. The summed E-state index contributed by atoms with van der Waals surface area (Å²) in [6, 6.07) is 0.556. The number of amides is 2. The first-order valence-electron chi connectivity index (χ1n) is 5.54. The molecule has 19 heavy (non-hydrogen) atoms. The highest BCUT2D eigenvalue weighted by Crippen LogP contribution is 2.33.